The smallest absolute Gasteiger partial charge is 0.220 e. The van der Waals surface area contributed by atoms with Gasteiger partial charge in [0.2, 0.25) is 5.91 Å². The summed E-state index contributed by atoms with van der Waals surface area (Å²) < 4.78 is 12.9. The van der Waals surface area contributed by atoms with Crippen LogP contribution in [0.5, 0.6) is 0 Å². The molecule has 2 rings (SSSR count). The van der Waals surface area contributed by atoms with E-state index < -0.39 is 0 Å². The van der Waals surface area contributed by atoms with Crippen LogP contribution in [0.25, 0.3) is 0 Å². The number of carbonyl (C=O) groups is 1. The molecule has 3 N–H and O–H groups in total. The Labute approximate surface area is 107 Å². The van der Waals surface area contributed by atoms with E-state index in [2.05, 4.69) is 5.32 Å². The van der Waals surface area contributed by atoms with Crippen LogP contribution in [0.4, 0.5) is 4.39 Å². The number of benzene rings is 1. The van der Waals surface area contributed by atoms with E-state index in [1.807, 2.05) is 6.07 Å². The zero-order valence-electron chi connectivity index (χ0n) is 10.4. The second-order valence-corrected chi connectivity index (χ2v) is 5.11. The zero-order chi connectivity index (χ0) is 13.0. The Morgan fingerprint density at radius 2 is 2.22 bits per heavy atom. The quantitative estimate of drug-likeness (QED) is 0.806. The summed E-state index contributed by atoms with van der Waals surface area (Å²) in [5.74, 6) is -0.244. The number of amides is 1. The molecule has 0 unspecified atom stereocenters. The van der Waals surface area contributed by atoms with Crippen LogP contribution in [0, 0.1) is 11.2 Å². The summed E-state index contributed by atoms with van der Waals surface area (Å²) in [6, 6.07) is 6.37. The van der Waals surface area contributed by atoms with Crippen molar-refractivity contribution in [1.29, 1.82) is 0 Å². The fourth-order valence-corrected chi connectivity index (χ4v) is 1.95. The molecule has 1 amide bonds. The van der Waals surface area contributed by atoms with Crippen molar-refractivity contribution in [2.24, 2.45) is 11.1 Å². The molecule has 0 atom stereocenters. The summed E-state index contributed by atoms with van der Waals surface area (Å²) in [7, 11) is 0. The number of carbonyl (C=O) groups excluding carboxylic acids is 1. The van der Waals surface area contributed by atoms with Crippen molar-refractivity contribution in [2.75, 3.05) is 13.1 Å². The zero-order valence-corrected chi connectivity index (χ0v) is 10.4. The molecule has 0 aliphatic heterocycles. The third-order valence-electron chi connectivity index (χ3n) is 3.58. The molecule has 1 saturated carbocycles. The Bertz CT molecular complexity index is 430. The van der Waals surface area contributed by atoms with E-state index in [1.165, 1.54) is 12.1 Å². The van der Waals surface area contributed by atoms with Crippen LogP contribution in [-0.4, -0.2) is 19.0 Å². The monoisotopic (exact) mass is 250 g/mol. The Balaban J connectivity index is 1.72. The number of nitrogens with one attached hydrogen (secondary N) is 1. The highest BCUT2D eigenvalue weighted by atomic mass is 19.1. The summed E-state index contributed by atoms with van der Waals surface area (Å²) in [6.45, 7) is 1.31. The van der Waals surface area contributed by atoms with Gasteiger partial charge >= 0.3 is 0 Å². The largest absolute Gasteiger partial charge is 0.355 e. The number of nitrogens with two attached hydrogens (primary N) is 1. The Morgan fingerprint density at radius 1 is 1.44 bits per heavy atom. The second-order valence-electron chi connectivity index (χ2n) is 5.11. The number of rotatable bonds is 6. The Kier molecular flexibility index (Phi) is 3.97. The van der Waals surface area contributed by atoms with Crippen LogP contribution in [-0.2, 0) is 11.2 Å². The summed E-state index contributed by atoms with van der Waals surface area (Å²) in [6.07, 6.45) is 3.17. The van der Waals surface area contributed by atoms with Crippen LogP contribution in [0.3, 0.4) is 0 Å². The van der Waals surface area contributed by atoms with Gasteiger partial charge in [-0.05, 0) is 48.9 Å². The van der Waals surface area contributed by atoms with Crippen LogP contribution < -0.4 is 11.1 Å². The van der Waals surface area contributed by atoms with Gasteiger partial charge in [-0.25, -0.2) is 4.39 Å². The molecule has 3 nitrogen and oxygen atoms in total. The first kappa shape index (κ1) is 13.0. The molecule has 0 heterocycles. The maximum Gasteiger partial charge on any atom is 0.220 e. The number of hydrogen-bond donors (Lipinski definition) is 2. The standard InChI is InChI=1S/C14H19FN2O/c15-12-3-1-2-11(8-12)4-5-13(18)17-10-14(9-16)6-7-14/h1-3,8H,4-7,9-10,16H2,(H,17,18). The van der Waals surface area contributed by atoms with Crippen LogP contribution >= 0.6 is 0 Å². The van der Waals surface area contributed by atoms with Gasteiger partial charge in [-0.15, -0.1) is 0 Å². The molecule has 0 bridgehead atoms. The van der Waals surface area contributed by atoms with E-state index in [0.29, 0.717) is 25.9 Å². The fourth-order valence-electron chi connectivity index (χ4n) is 1.95. The topological polar surface area (TPSA) is 55.1 Å². The minimum atomic E-state index is -0.257. The van der Waals surface area contributed by atoms with Gasteiger partial charge in [0.25, 0.3) is 0 Å². The van der Waals surface area contributed by atoms with Crippen molar-refractivity contribution >= 4 is 5.91 Å². The van der Waals surface area contributed by atoms with Gasteiger partial charge in [-0.1, -0.05) is 12.1 Å². The third-order valence-corrected chi connectivity index (χ3v) is 3.58. The van der Waals surface area contributed by atoms with Gasteiger partial charge in [0.05, 0.1) is 0 Å². The van der Waals surface area contributed by atoms with Gasteiger partial charge in [0, 0.05) is 13.0 Å². The lowest BCUT2D eigenvalue weighted by Crippen LogP contribution is -2.33. The summed E-state index contributed by atoms with van der Waals surface area (Å²) in [4.78, 5) is 11.6. The average Bonchev–Trinajstić information content (AvgIpc) is 3.15. The van der Waals surface area contributed by atoms with Gasteiger partial charge in [-0.3, -0.25) is 4.79 Å². The van der Waals surface area contributed by atoms with E-state index in [-0.39, 0.29) is 17.1 Å². The summed E-state index contributed by atoms with van der Waals surface area (Å²) in [5, 5.41) is 2.91. The lowest BCUT2D eigenvalue weighted by Gasteiger charge is -2.13. The molecule has 0 spiro atoms. The van der Waals surface area contributed by atoms with E-state index >= 15 is 0 Å². The maximum atomic E-state index is 12.9. The van der Waals surface area contributed by atoms with Crippen molar-refractivity contribution in [3.8, 4) is 0 Å². The van der Waals surface area contributed by atoms with Crippen molar-refractivity contribution in [3.05, 3.63) is 35.6 Å². The van der Waals surface area contributed by atoms with Crippen molar-refractivity contribution in [3.63, 3.8) is 0 Å². The van der Waals surface area contributed by atoms with Gasteiger partial charge in [-0.2, -0.15) is 0 Å². The molecule has 1 aliphatic carbocycles. The van der Waals surface area contributed by atoms with Crippen molar-refractivity contribution in [2.45, 2.75) is 25.7 Å². The lowest BCUT2D eigenvalue weighted by molar-refractivity contribution is -0.121. The van der Waals surface area contributed by atoms with Crippen molar-refractivity contribution in [1.82, 2.24) is 5.32 Å². The van der Waals surface area contributed by atoms with E-state index in [1.54, 1.807) is 6.07 Å². The lowest BCUT2D eigenvalue weighted by atomic mass is 10.1. The first-order valence-corrected chi connectivity index (χ1v) is 6.35. The Hall–Kier alpha value is -1.42. The molecule has 0 aromatic heterocycles. The second kappa shape index (κ2) is 5.48. The summed E-state index contributed by atoms with van der Waals surface area (Å²) in [5.41, 5.74) is 6.66. The van der Waals surface area contributed by atoms with Gasteiger partial charge in [0.1, 0.15) is 5.82 Å². The molecule has 1 aromatic rings. The van der Waals surface area contributed by atoms with Gasteiger partial charge < -0.3 is 11.1 Å². The maximum absolute atomic E-state index is 12.9. The first-order chi connectivity index (χ1) is 8.63. The van der Waals surface area contributed by atoms with E-state index in [4.69, 9.17) is 5.73 Å². The Morgan fingerprint density at radius 3 is 2.83 bits per heavy atom. The third kappa shape index (κ3) is 3.53. The van der Waals surface area contributed by atoms with E-state index in [9.17, 15) is 9.18 Å². The molecule has 18 heavy (non-hydrogen) atoms. The van der Waals surface area contributed by atoms with Crippen molar-refractivity contribution < 1.29 is 9.18 Å². The molecule has 98 valence electrons. The minimum absolute atomic E-state index is 0.0130. The predicted octanol–water partition coefficient (Wildman–Crippen LogP) is 1.61. The molecule has 1 aliphatic rings. The highest BCUT2D eigenvalue weighted by Crippen LogP contribution is 2.43. The molecule has 1 fully saturated rings. The number of hydrogen-bond acceptors (Lipinski definition) is 2. The fraction of sp³-hybridized carbons (Fsp3) is 0.500. The number of aryl methyl sites for hydroxylation is 1. The molecule has 1 aromatic carbocycles. The predicted molar refractivity (Wildman–Crippen MR) is 68.5 cm³/mol. The molecular formula is C14H19FN2O. The highest BCUT2D eigenvalue weighted by molar-refractivity contribution is 5.76. The SMILES string of the molecule is NCC1(CNC(=O)CCc2cccc(F)c2)CC1. The highest BCUT2D eigenvalue weighted by Gasteiger charge is 2.41. The van der Waals surface area contributed by atoms with Crippen LogP contribution in [0.15, 0.2) is 24.3 Å². The first-order valence-electron chi connectivity index (χ1n) is 6.35. The van der Waals surface area contributed by atoms with Crippen LogP contribution in [0.2, 0.25) is 0 Å². The molecule has 4 heteroatoms. The minimum Gasteiger partial charge on any atom is -0.355 e. The number of halogens is 1. The molecule has 0 saturated heterocycles. The molecule has 0 radical (unpaired) electrons. The van der Waals surface area contributed by atoms with E-state index in [0.717, 1.165) is 18.4 Å². The molecular weight excluding hydrogens is 231 g/mol. The summed E-state index contributed by atoms with van der Waals surface area (Å²) >= 11 is 0. The van der Waals surface area contributed by atoms with Gasteiger partial charge in [0.15, 0.2) is 0 Å². The average molecular weight is 250 g/mol. The van der Waals surface area contributed by atoms with Crippen LogP contribution in [0.1, 0.15) is 24.8 Å². The normalized spacial score (nSPS) is 16.3.